The summed E-state index contributed by atoms with van der Waals surface area (Å²) in [7, 11) is 0. The first-order chi connectivity index (χ1) is 29.6. The van der Waals surface area contributed by atoms with E-state index in [0.29, 0.717) is 6.21 Å². The zero-order valence-corrected chi connectivity index (χ0v) is 31.0. The number of halogens is 34. The van der Waals surface area contributed by atoms with Crippen molar-refractivity contribution in [2.75, 3.05) is 6.61 Å². The standard InChI is InChI=1S/C32H15F34NO/c33-17(34,19(37,38)21(41,42)23(45,46)25(49,50)27(53,54)29(57,58)31(61,62)63)10-1-11-68-16-8-2-13(3-9-16)12-67-15-6-4-14(5-7-15)18(35,36)20(39,40)22(43,44)24(47,48)26(51,52)28(55,56)30(59,60)32(64,65)66/h2-9,12H,1,10-11H2. The zero-order valence-electron chi connectivity index (χ0n) is 31.0. The van der Waals surface area contributed by atoms with Crippen molar-refractivity contribution >= 4 is 11.9 Å². The lowest BCUT2D eigenvalue weighted by molar-refractivity contribution is -0.462. The van der Waals surface area contributed by atoms with Crippen LogP contribution in [0.2, 0.25) is 0 Å². The van der Waals surface area contributed by atoms with Crippen molar-refractivity contribution < 1.29 is 154 Å². The van der Waals surface area contributed by atoms with Crippen molar-refractivity contribution in [1.29, 1.82) is 0 Å². The van der Waals surface area contributed by atoms with Crippen LogP contribution in [0.25, 0.3) is 0 Å². The summed E-state index contributed by atoms with van der Waals surface area (Å²) in [6, 6.07) is 2.50. The maximum Gasteiger partial charge on any atom is 0.460 e. The smallest absolute Gasteiger partial charge is 0.460 e. The highest BCUT2D eigenvalue weighted by atomic mass is 19.4. The SMILES string of the molecule is FC(F)(F)C(F)(F)C(F)(F)C(F)(F)C(F)(F)C(F)(F)C(F)(F)C(F)(F)CCCOc1ccc(C=Nc2ccc(C(F)(F)C(F)(F)C(F)(F)C(F)(F)C(F)(F)C(F)(F)C(F)(F)C(F)(F)F)cc2)cc1. The number of benzene rings is 2. The molecule has 0 N–H and O–H groups in total. The topological polar surface area (TPSA) is 21.6 Å². The van der Waals surface area contributed by atoms with Gasteiger partial charge >= 0.3 is 95.3 Å². The molecule has 0 atom stereocenters. The summed E-state index contributed by atoms with van der Waals surface area (Å²) in [4.78, 5) is 3.44. The molecule has 0 fully saturated rings. The molecule has 0 aromatic heterocycles. The van der Waals surface area contributed by atoms with Gasteiger partial charge in [0.05, 0.1) is 12.3 Å². The van der Waals surface area contributed by atoms with Gasteiger partial charge in [-0.25, -0.2) is 0 Å². The minimum atomic E-state index is -8.86. The Morgan fingerprint density at radius 1 is 0.353 bits per heavy atom. The number of ether oxygens (including phenoxy) is 1. The predicted molar refractivity (Wildman–Crippen MR) is 155 cm³/mol. The molecule has 0 amide bonds. The monoisotopic (exact) mass is 1080 g/mol. The lowest BCUT2D eigenvalue weighted by Gasteiger charge is -2.42. The molecular formula is C32H15F34NO. The molecule has 392 valence electrons. The second-order valence-corrected chi connectivity index (χ2v) is 13.5. The number of hydrogen-bond donors (Lipinski definition) is 0. The van der Waals surface area contributed by atoms with Crippen molar-refractivity contribution in [3.63, 3.8) is 0 Å². The van der Waals surface area contributed by atoms with Crippen LogP contribution in [0.3, 0.4) is 0 Å². The molecule has 0 saturated carbocycles. The maximum absolute atomic E-state index is 14.5. The lowest BCUT2D eigenvalue weighted by atomic mass is 9.87. The molecule has 0 aliphatic carbocycles. The second kappa shape index (κ2) is 17.1. The van der Waals surface area contributed by atoms with Crippen LogP contribution in [0.15, 0.2) is 53.5 Å². The Labute approximate surface area is 351 Å². The number of alkyl halides is 34. The Morgan fingerprint density at radius 2 is 0.662 bits per heavy atom. The van der Waals surface area contributed by atoms with Gasteiger partial charge in [-0.3, -0.25) is 4.99 Å². The summed E-state index contributed by atoms with van der Waals surface area (Å²) in [5.74, 6) is -117. The van der Waals surface area contributed by atoms with Crippen LogP contribution in [0, 0.1) is 0 Å². The fourth-order valence-corrected chi connectivity index (χ4v) is 4.74. The molecule has 36 heteroatoms. The highest BCUT2D eigenvalue weighted by Crippen LogP contribution is 2.67. The molecule has 0 aliphatic rings. The molecule has 2 aromatic rings. The van der Waals surface area contributed by atoms with Gasteiger partial charge in [-0.15, -0.1) is 0 Å². The van der Waals surface area contributed by atoms with E-state index in [1.807, 2.05) is 0 Å². The first-order valence-corrected chi connectivity index (χ1v) is 16.4. The van der Waals surface area contributed by atoms with Gasteiger partial charge in [0.25, 0.3) is 0 Å². The Balaban J connectivity index is 2.22. The van der Waals surface area contributed by atoms with Crippen LogP contribution in [0.5, 0.6) is 5.75 Å². The van der Waals surface area contributed by atoms with E-state index in [1.165, 1.54) is 0 Å². The summed E-state index contributed by atoms with van der Waals surface area (Å²) in [6.45, 7) is -1.38. The van der Waals surface area contributed by atoms with Gasteiger partial charge < -0.3 is 4.74 Å². The molecule has 0 heterocycles. The second-order valence-electron chi connectivity index (χ2n) is 13.5. The number of hydrogen-bond acceptors (Lipinski definition) is 2. The van der Waals surface area contributed by atoms with Crippen LogP contribution in [-0.2, 0) is 5.92 Å². The summed E-state index contributed by atoms with van der Waals surface area (Å²) >= 11 is 0. The molecular weight excluding hydrogens is 1060 g/mol. The van der Waals surface area contributed by atoms with Crippen LogP contribution in [0.1, 0.15) is 24.0 Å². The predicted octanol–water partition coefficient (Wildman–Crippen LogP) is 15.1. The molecule has 68 heavy (non-hydrogen) atoms. The third-order valence-electron chi connectivity index (χ3n) is 8.89. The normalized spacial score (nSPS) is 15.9. The zero-order chi connectivity index (χ0) is 54.2. The summed E-state index contributed by atoms with van der Waals surface area (Å²) in [5, 5.41) is 0. The molecule has 0 spiro atoms. The average molecular weight is 1080 g/mol. The van der Waals surface area contributed by atoms with E-state index in [9.17, 15) is 149 Å². The molecule has 0 radical (unpaired) electrons. The van der Waals surface area contributed by atoms with Gasteiger partial charge in [0.2, 0.25) is 0 Å². The summed E-state index contributed by atoms with van der Waals surface area (Å²) < 4.78 is 463. The fourth-order valence-electron chi connectivity index (χ4n) is 4.74. The molecule has 2 rings (SSSR count). The average Bonchev–Trinajstić information content (AvgIpc) is 3.17. The van der Waals surface area contributed by atoms with Gasteiger partial charge in [0.15, 0.2) is 0 Å². The quantitative estimate of drug-likeness (QED) is 0.0736. The fraction of sp³-hybridized carbons (Fsp3) is 0.594. The Kier molecular flexibility index (Phi) is 15.0. The van der Waals surface area contributed by atoms with Crippen LogP contribution in [0.4, 0.5) is 155 Å². The number of nitrogens with zero attached hydrogens (tertiary/aromatic N) is 1. The van der Waals surface area contributed by atoms with Crippen LogP contribution < -0.4 is 4.74 Å². The van der Waals surface area contributed by atoms with Gasteiger partial charge in [0, 0.05) is 18.2 Å². The van der Waals surface area contributed by atoms with E-state index < -0.39 is 144 Å². The van der Waals surface area contributed by atoms with Gasteiger partial charge in [-0.2, -0.15) is 149 Å². The van der Waals surface area contributed by atoms with Crippen LogP contribution >= 0.6 is 0 Å². The van der Waals surface area contributed by atoms with E-state index in [-0.39, 0.29) is 17.7 Å². The van der Waals surface area contributed by atoms with Gasteiger partial charge in [-0.05, 0) is 48.4 Å². The van der Waals surface area contributed by atoms with Crippen molar-refractivity contribution in [2.45, 2.75) is 108 Å². The van der Waals surface area contributed by atoms with Crippen molar-refractivity contribution in [3.05, 3.63) is 59.7 Å². The van der Waals surface area contributed by atoms with Crippen molar-refractivity contribution in [3.8, 4) is 5.75 Å². The van der Waals surface area contributed by atoms with E-state index in [0.717, 1.165) is 24.3 Å². The minimum Gasteiger partial charge on any atom is -0.494 e. The third-order valence-corrected chi connectivity index (χ3v) is 8.89. The number of aliphatic imine (C=N–C) groups is 1. The Morgan fingerprint density at radius 3 is 1.00 bits per heavy atom. The molecule has 0 unspecified atom stereocenters. The van der Waals surface area contributed by atoms with Crippen molar-refractivity contribution in [1.82, 2.24) is 0 Å². The summed E-state index contributed by atoms with van der Waals surface area (Å²) in [5.41, 5.74) is -3.57. The largest absolute Gasteiger partial charge is 0.494 e. The van der Waals surface area contributed by atoms with Crippen molar-refractivity contribution in [2.24, 2.45) is 4.99 Å². The molecule has 0 saturated heterocycles. The number of rotatable bonds is 20. The van der Waals surface area contributed by atoms with Gasteiger partial charge in [-0.1, -0.05) is 12.1 Å². The maximum atomic E-state index is 14.5. The Bertz CT molecular complexity index is 2080. The highest BCUT2D eigenvalue weighted by molar-refractivity contribution is 5.82. The van der Waals surface area contributed by atoms with E-state index >= 15 is 0 Å². The molecule has 0 bridgehead atoms. The van der Waals surface area contributed by atoms with E-state index in [1.54, 1.807) is 0 Å². The molecule has 2 nitrogen and oxygen atoms in total. The van der Waals surface area contributed by atoms with E-state index in [4.69, 9.17) is 0 Å². The molecule has 2 aromatic carbocycles. The first-order valence-electron chi connectivity index (χ1n) is 16.4. The van der Waals surface area contributed by atoms with Crippen LogP contribution in [-0.4, -0.2) is 102 Å². The first kappa shape index (κ1) is 59.7. The minimum absolute atomic E-state index is 0.111. The van der Waals surface area contributed by atoms with Gasteiger partial charge in [0.1, 0.15) is 5.75 Å². The lowest BCUT2D eigenvalue weighted by Crippen LogP contribution is -2.74. The highest BCUT2D eigenvalue weighted by Gasteiger charge is 2.97. The summed E-state index contributed by atoms with van der Waals surface area (Å²) in [6.07, 6.45) is -19.8. The molecule has 0 aliphatic heterocycles. The Hall–Kier alpha value is -4.47. The van der Waals surface area contributed by atoms with E-state index in [2.05, 4.69) is 9.73 Å². The third kappa shape index (κ3) is 8.75.